The maximum absolute atomic E-state index is 12.2. The third-order valence-electron chi connectivity index (χ3n) is 3.41. The Labute approximate surface area is 102 Å². The van der Waals surface area contributed by atoms with Gasteiger partial charge in [0.15, 0.2) is 0 Å². The fourth-order valence-electron chi connectivity index (χ4n) is 2.26. The van der Waals surface area contributed by atoms with Crippen LogP contribution in [0.15, 0.2) is 18.2 Å². The van der Waals surface area contributed by atoms with Gasteiger partial charge in [-0.15, -0.1) is 0 Å². The van der Waals surface area contributed by atoms with Gasteiger partial charge in [0.1, 0.15) is 5.75 Å². The van der Waals surface area contributed by atoms with E-state index in [2.05, 4.69) is 13.8 Å². The zero-order valence-corrected chi connectivity index (χ0v) is 10.7. The molecule has 1 N–H and O–H groups in total. The van der Waals surface area contributed by atoms with Gasteiger partial charge in [-0.1, -0.05) is 13.8 Å². The van der Waals surface area contributed by atoms with Crippen LogP contribution < -0.4 is 0 Å². The van der Waals surface area contributed by atoms with Gasteiger partial charge in [-0.2, -0.15) is 0 Å². The summed E-state index contributed by atoms with van der Waals surface area (Å²) >= 11 is 0. The number of nitrogens with zero attached hydrogens (tertiary/aromatic N) is 1. The molecule has 17 heavy (non-hydrogen) atoms. The van der Waals surface area contributed by atoms with Crippen LogP contribution in [-0.4, -0.2) is 29.0 Å². The average Bonchev–Trinajstić information content (AvgIpc) is 2.62. The Bertz CT molecular complexity index is 452. The summed E-state index contributed by atoms with van der Waals surface area (Å²) in [6.07, 6.45) is 1.05. The van der Waals surface area contributed by atoms with Crippen LogP contribution in [0.25, 0.3) is 0 Å². The van der Waals surface area contributed by atoms with Gasteiger partial charge in [0.05, 0.1) is 0 Å². The number of aryl methyl sites for hydroxylation is 1. The molecule has 0 bridgehead atoms. The van der Waals surface area contributed by atoms with Crippen molar-refractivity contribution in [3.8, 4) is 5.75 Å². The predicted molar refractivity (Wildman–Crippen MR) is 67.1 cm³/mol. The monoisotopic (exact) mass is 233 g/mol. The molecule has 0 aliphatic carbocycles. The number of carbonyl (C=O) groups excluding carboxylic acids is 1. The number of carbonyl (C=O) groups is 1. The van der Waals surface area contributed by atoms with Crippen molar-refractivity contribution in [1.82, 2.24) is 4.90 Å². The molecular formula is C14H19NO2. The third kappa shape index (κ3) is 2.43. The molecule has 2 rings (SSSR count). The van der Waals surface area contributed by atoms with E-state index in [9.17, 15) is 9.90 Å². The number of amides is 1. The molecule has 3 nitrogen and oxygen atoms in total. The summed E-state index contributed by atoms with van der Waals surface area (Å²) in [5, 5.41) is 9.45. The highest BCUT2D eigenvalue weighted by atomic mass is 16.3. The van der Waals surface area contributed by atoms with E-state index >= 15 is 0 Å². The second-order valence-corrected chi connectivity index (χ2v) is 5.64. The van der Waals surface area contributed by atoms with Gasteiger partial charge in [0.2, 0.25) is 0 Å². The minimum atomic E-state index is 0.0682. The van der Waals surface area contributed by atoms with Crippen molar-refractivity contribution >= 4 is 5.91 Å². The summed E-state index contributed by atoms with van der Waals surface area (Å²) in [7, 11) is 0. The number of hydrogen-bond donors (Lipinski definition) is 1. The van der Waals surface area contributed by atoms with Crippen LogP contribution in [0.3, 0.4) is 0 Å². The Morgan fingerprint density at radius 2 is 2.12 bits per heavy atom. The van der Waals surface area contributed by atoms with E-state index in [1.165, 1.54) is 0 Å². The van der Waals surface area contributed by atoms with Crippen LogP contribution in [0.2, 0.25) is 0 Å². The minimum absolute atomic E-state index is 0.0682. The highest BCUT2D eigenvalue weighted by Crippen LogP contribution is 2.30. The molecule has 0 radical (unpaired) electrons. The van der Waals surface area contributed by atoms with Crippen molar-refractivity contribution in [2.75, 3.05) is 13.1 Å². The van der Waals surface area contributed by atoms with Crippen LogP contribution in [0.5, 0.6) is 5.75 Å². The number of rotatable bonds is 1. The van der Waals surface area contributed by atoms with Crippen LogP contribution in [0.4, 0.5) is 0 Å². The summed E-state index contributed by atoms with van der Waals surface area (Å²) in [6, 6.07) is 5.03. The molecule has 3 heteroatoms. The molecule has 0 atom stereocenters. The molecule has 0 unspecified atom stereocenters. The molecule has 92 valence electrons. The van der Waals surface area contributed by atoms with Crippen molar-refractivity contribution in [1.29, 1.82) is 0 Å². The molecule has 0 aromatic heterocycles. The first-order valence-electron chi connectivity index (χ1n) is 5.98. The number of likely N-dealkylation sites (tertiary alicyclic amines) is 1. The van der Waals surface area contributed by atoms with Crippen LogP contribution in [0.1, 0.15) is 36.2 Å². The van der Waals surface area contributed by atoms with E-state index in [-0.39, 0.29) is 17.1 Å². The zero-order valence-electron chi connectivity index (χ0n) is 10.7. The number of benzene rings is 1. The summed E-state index contributed by atoms with van der Waals surface area (Å²) < 4.78 is 0. The highest BCUT2D eigenvalue weighted by molar-refractivity contribution is 5.94. The van der Waals surface area contributed by atoms with E-state index in [4.69, 9.17) is 0 Å². The molecule has 1 saturated heterocycles. The van der Waals surface area contributed by atoms with Crippen LogP contribution in [0, 0.1) is 12.3 Å². The summed E-state index contributed by atoms with van der Waals surface area (Å²) in [5.41, 5.74) is 1.63. The molecule has 1 fully saturated rings. The smallest absolute Gasteiger partial charge is 0.253 e. The Morgan fingerprint density at radius 3 is 2.65 bits per heavy atom. The lowest BCUT2D eigenvalue weighted by Crippen LogP contribution is -2.30. The Hall–Kier alpha value is -1.51. The Balaban J connectivity index is 2.18. The lowest BCUT2D eigenvalue weighted by atomic mass is 9.93. The van der Waals surface area contributed by atoms with Crippen LogP contribution >= 0.6 is 0 Å². The van der Waals surface area contributed by atoms with Gasteiger partial charge in [-0.25, -0.2) is 0 Å². The Kier molecular flexibility index (Phi) is 2.86. The molecule has 1 aliphatic heterocycles. The fraction of sp³-hybridized carbons (Fsp3) is 0.500. The van der Waals surface area contributed by atoms with Crippen molar-refractivity contribution in [2.24, 2.45) is 5.41 Å². The van der Waals surface area contributed by atoms with E-state index in [0.717, 1.165) is 25.1 Å². The lowest BCUT2D eigenvalue weighted by Gasteiger charge is -2.20. The predicted octanol–water partition coefficient (Wildman–Crippen LogP) is 2.57. The molecule has 0 spiro atoms. The molecule has 1 heterocycles. The molecular weight excluding hydrogens is 214 g/mol. The number of hydrogen-bond acceptors (Lipinski definition) is 2. The fourth-order valence-corrected chi connectivity index (χ4v) is 2.26. The zero-order chi connectivity index (χ0) is 12.6. The minimum Gasteiger partial charge on any atom is -0.508 e. The first kappa shape index (κ1) is 12.0. The second-order valence-electron chi connectivity index (χ2n) is 5.64. The largest absolute Gasteiger partial charge is 0.508 e. The van der Waals surface area contributed by atoms with Gasteiger partial charge < -0.3 is 10.0 Å². The first-order chi connectivity index (χ1) is 7.89. The molecule has 0 saturated carbocycles. The number of aromatic hydroxyl groups is 1. The third-order valence-corrected chi connectivity index (χ3v) is 3.41. The maximum Gasteiger partial charge on any atom is 0.253 e. The number of phenolic OH excluding ortho intramolecular Hbond substituents is 1. The number of phenols is 1. The Morgan fingerprint density at radius 1 is 1.41 bits per heavy atom. The summed E-state index contributed by atoms with van der Waals surface area (Å²) in [4.78, 5) is 14.1. The molecule has 1 aliphatic rings. The summed E-state index contributed by atoms with van der Waals surface area (Å²) in [6.45, 7) is 7.81. The van der Waals surface area contributed by atoms with Crippen molar-refractivity contribution in [3.05, 3.63) is 29.3 Å². The van der Waals surface area contributed by atoms with Gasteiger partial charge in [-0.3, -0.25) is 4.79 Å². The first-order valence-corrected chi connectivity index (χ1v) is 5.98. The normalized spacial score (nSPS) is 18.4. The SMILES string of the molecule is Cc1cc(C(=O)N2CCC(C)(C)C2)ccc1O. The van der Waals surface area contributed by atoms with Gasteiger partial charge in [0.25, 0.3) is 5.91 Å². The van der Waals surface area contributed by atoms with Crippen molar-refractivity contribution in [3.63, 3.8) is 0 Å². The standard InChI is InChI=1S/C14H19NO2/c1-10-8-11(4-5-12(10)16)13(17)15-7-6-14(2,3)9-15/h4-5,8,16H,6-7,9H2,1-3H3. The summed E-state index contributed by atoms with van der Waals surface area (Å²) in [5.74, 6) is 0.307. The lowest BCUT2D eigenvalue weighted by molar-refractivity contribution is 0.0778. The molecule has 1 amide bonds. The highest BCUT2D eigenvalue weighted by Gasteiger charge is 2.32. The maximum atomic E-state index is 12.2. The second kappa shape index (κ2) is 4.06. The molecule has 1 aromatic carbocycles. The molecule has 1 aromatic rings. The van der Waals surface area contributed by atoms with Crippen molar-refractivity contribution in [2.45, 2.75) is 27.2 Å². The van der Waals surface area contributed by atoms with E-state index in [1.54, 1.807) is 25.1 Å². The topological polar surface area (TPSA) is 40.5 Å². The quantitative estimate of drug-likeness (QED) is 0.810. The van der Waals surface area contributed by atoms with E-state index in [0.29, 0.717) is 5.56 Å². The van der Waals surface area contributed by atoms with Gasteiger partial charge in [-0.05, 0) is 42.5 Å². The van der Waals surface area contributed by atoms with Crippen LogP contribution in [-0.2, 0) is 0 Å². The van der Waals surface area contributed by atoms with Gasteiger partial charge in [0, 0.05) is 18.7 Å². The van der Waals surface area contributed by atoms with E-state index in [1.807, 2.05) is 4.90 Å². The van der Waals surface area contributed by atoms with Crippen molar-refractivity contribution < 1.29 is 9.90 Å². The van der Waals surface area contributed by atoms with Gasteiger partial charge >= 0.3 is 0 Å². The van der Waals surface area contributed by atoms with E-state index < -0.39 is 0 Å². The average molecular weight is 233 g/mol.